The molecular weight excluding hydrogens is 350 g/mol. The van der Waals surface area contributed by atoms with Gasteiger partial charge in [-0.3, -0.25) is 0 Å². The first-order valence-electron chi connectivity index (χ1n) is 7.73. The van der Waals surface area contributed by atoms with Gasteiger partial charge in [-0.15, -0.1) is 0 Å². The van der Waals surface area contributed by atoms with E-state index in [0.717, 1.165) is 7.11 Å². The average Bonchev–Trinajstić information content (AvgIpc) is 2.71. The van der Waals surface area contributed by atoms with Gasteiger partial charge in [0, 0.05) is 6.20 Å². The monoisotopic (exact) mass is 363 g/mol. The molecule has 0 bridgehead atoms. The fraction of sp³-hybridized carbons (Fsp3) is 0.333. The predicted octanol–water partition coefficient (Wildman–Crippen LogP) is 0.811. The van der Waals surface area contributed by atoms with E-state index in [0.29, 0.717) is 0 Å². The molecular formula is C18H13N5O4. The molecule has 0 aromatic rings. The lowest BCUT2D eigenvalue weighted by Gasteiger charge is -2.47. The van der Waals surface area contributed by atoms with Crippen molar-refractivity contribution in [2.24, 2.45) is 10.8 Å². The molecule has 0 aromatic carbocycles. The van der Waals surface area contributed by atoms with Crippen LogP contribution >= 0.6 is 0 Å². The molecule has 0 fully saturated rings. The van der Waals surface area contributed by atoms with Crippen LogP contribution in [0.5, 0.6) is 0 Å². The van der Waals surface area contributed by atoms with Gasteiger partial charge in [0.15, 0.2) is 0 Å². The summed E-state index contributed by atoms with van der Waals surface area (Å²) < 4.78 is 9.66. The van der Waals surface area contributed by atoms with Gasteiger partial charge in [-0.1, -0.05) is 12.2 Å². The van der Waals surface area contributed by atoms with E-state index in [4.69, 9.17) is 4.74 Å². The van der Waals surface area contributed by atoms with Crippen molar-refractivity contribution in [2.45, 2.75) is 13.0 Å². The molecule has 1 atom stereocenters. The van der Waals surface area contributed by atoms with Crippen molar-refractivity contribution in [3.8, 4) is 24.3 Å². The number of hydrogen-bond acceptors (Lipinski definition) is 9. The third-order valence-corrected chi connectivity index (χ3v) is 4.40. The Kier molecular flexibility index (Phi) is 5.02. The number of ether oxygens (including phenoxy) is 2. The van der Waals surface area contributed by atoms with Crippen LogP contribution in [-0.2, 0) is 19.1 Å². The minimum absolute atomic E-state index is 0.0391. The van der Waals surface area contributed by atoms with Crippen molar-refractivity contribution < 1.29 is 19.1 Å². The number of hydrogen-bond donors (Lipinski definition) is 0. The minimum Gasteiger partial charge on any atom is -0.466 e. The molecule has 0 saturated carbocycles. The smallest absolute Gasteiger partial charge is 0.355 e. The van der Waals surface area contributed by atoms with Crippen LogP contribution < -0.4 is 0 Å². The van der Waals surface area contributed by atoms with Crippen LogP contribution in [0.2, 0.25) is 0 Å². The van der Waals surface area contributed by atoms with Crippen LogP contribution in [0, 0.1) is 56.2 Å². The summed E-state index contributed by atoms with van der Waals surface area (Å²) in [6.45, 7) is 1.50. The normalized spacial score (nSPS) is 21.0. The quantitative estimate of drug-likeness (QED) is 0.663. The highest BCUT2D eigenvalue weighted by atomic mass is 16.5. The molecule has 9 heteroatoms. The van der Waals surface area contributed by atoms with Crippen LogP contribution in [0.25, 0.3) is 0 Å². The Morgan fingerprint density at radius 1 is 1.11 bits per heavy atom. The zero-order chi connectivity index (χ0) is 20.2. The molecule has 2 aliphatic heterocycles. The second-order valence-electron chi connectivity index (χ2n) is 5.52. The van der Waals surface area contributed by atoms with E-state index in [9.17, 15) is 30.6 Å². The number of esters is 2. The first kappa shape index (κ1) is 19.2. The third kappa shape index (κ3) is 2.34. The number of carbonyl (C=O) groups excluding carboxylic acids is 2. The number of nitrogens with zero attached hydrogens (tertiary/aromatic N) is 5. The Morgan fingerprint density at radius 3 is 2.22 bits per heavy atom. The Morgan fingerprint density at radius 2 is 1.74 bits per heavy atom. The van der Waals surface area contributed by atoms with Crippen LogP contribution in [0.1, 0.15) is 6.92 Å². The maximum absolute atomic E-state index is 12.6. The summed E-state index contributed by atoms with van der Waals surface area (Å²) in [5, 5.41) is 39.3. The number of nitriles is 4. The van der Waals surface area contributed by atoms with E-state index < -0.39 is 40.1 Å². The molecule has 134 valence electrons. The van der Waals surface area contributed by atoms with Crippen molar-refractivity contribution in [3.63, 3.8) is 0 Å². The third-order valence-electron chi connectivity index (χ3n) is 4.40. The molecule has 0 N–H and O–H groups in total. The lowest BCUT2D eigenvalue weighted by molar-refractivity contribution is -0.144. The molecule has 0 spiro atoms. The largest absolute Gasteiger partial charge is 0.466 e. The lowest BCUT2D eigenvalue weighted by atomic mass is 9.55. The molecule has 0 radical (unpaired) electrons. The molecule has 0 saturated heterocycles. The molecule has 0 amide bonds. The number of carbonyl (C=O) groups is 2. The summed E-state index contributed by atoms with van der Waals surface area (Å²) in [7, 11) is 0.996. The van der Waals surface area contributed by atoms with Gasteiger partial charge >= 0.3 is 11.9 Å². The van der Waals surface area contributed by atoms with Gasteiger partial charge in [-0.2, -0.15) is 21.0 Å². The second-order valence-corrected chi connectivity index (χ2v) is 5.52. The van der Waals surface area contributed by atoms with E-state index in [1.165, 1.54) is 29.3 Å². The number of rotatable bonds is 3. The van der Waals surface area contributed by atoms with Crippen LogP contribution in [0.3, 0.4) is 0 Å². The fourth-order valence-electron chi connectivity index (χ4n) is 3.19. The van der Waals surface area contributed by atoms with Crippen molar-refractivity contribution in [1.82, 2.24) is 4.90 Å². The maximum atomic E-state index is 12.6. The van der Waals surface area contributed by atoms with Crippen LogP contribution in [-0.4, -0.2) is 36.6 Å². The first-order valence-corrected chi connectivity index (χ1v) is 7.73. The van der Waals surface area contributed by atoms with Crippen molar-refractivity contribution >= 4 is 11.9 Å². The van der Waals surface area contributed by atoms with Crippen molar-refractivity contribution in [3.05, 3.63) is 35.7 Å². The number of fused-ring (bicyclic) bond motifs is 1. The minimum atomic E-state index is -2.58. The zero-order valence-electron chi connectivity index (χ0n) is 14.5. The van der Waals surface area contributed by atoms with E-state index in [1.54, 1.807) is 31.2 Å². The second kappa shape index (κ2) is 7.04. The Balaban J connectivity index is 3.07. The van der Waals surface area contributed by atoms with Gasteiger partial charge < -0.3 is 14.4 Å². The van der Waals surface area contributed by atoms with Gasteiger partial charge in [0.2, 0.25) is 10.8 Å². The molecule has 2 rings (SSSR count). The molecule has 0 aromatic heterocycles. The summed E-state index contributed by atoms with van der Waals surface area (Å²) in [4.78, 5) is 26.3. The molecule has 0 aliphatic carbocycles. The van der Waals surface area contributed by atoms with E-state index in [-0.39, 0.29) is 6.61 Å². The fourth-order valence-corrected chi connectivity index (χ4v) is 3.19. The molecule has 27 heavy (non-hydrogen) atoms. The average molecular weight is 363 g/mol. The topological polar surface area (TPSA) is 151 Å². The van der Waals surface area contributed by atoms with Gasteiger partial charge in [0.05, 0.1) is 44.0 Å². The molecule has 1 unspecified atom stereocenters. The summed E-state index contributed by atoms with van der Waals surface area (Å²) in [5.74, 6) is -2.17. The highest BCUT2D eigenvalue weighted by Gasteiger charge is 2.69. The standard InChI is InChI=1S/C18H13N5O4/c1-3-27-16(25)14-13(15(24)26-2)18(10-21,11-22)17(8-19,9-20)12-6-4-5-7-23(12)14/h4-7,12H,3H2,1-2H3. The highest BCUT2D eigenvalue weighted by Crippen LogP contribution is 2.54. The van der Waals surface area contributed by atoms with E-state index in [1.807, 2.05) is 0 Å². The highest BCUT2D eigenvalue weighted by molar-refractivity contribution is 6.03. The summed E-state index contributed by atoms with van der Waals surface area (Å²) >= 11 is 0. The number of allylic oxidation sites excluding steroid dienone is 2. The van der Waals surface area contributed by atoms with Gasteiger partial charge in [0.1, 0.15) is 11.3 Å². The first-order chi connectivity index (χ1) is 12.9. The lowest BCUT2D eigenvalue weighted by Crippen LogP contribution is -2.60. The van der Waals surface area contributed by atoms with Crippen molar-refractivity contribution in [2.75, 3.05) is 13.7 Å². The van der Waals surface area contributed by atoms with E-state index in [2.05, 4.69) is 4.74 Å². The van der Waals surface area contributed by atoms with Gasteiger partial charge in [-0.25, -0.2) is 9.59 Å². The van der Waals surface area contributed by atoms with Crippen molar-refractivity contribution in [1.29, 1.82) is 21.0 Å². The van der Waals surface area contributed by atoms with Gasteiger partial charge in [-0.05, 0) is 13.0 Å². The Bertz CT molecular complexity index is 920. The predicted molar refractivity (Wildman–Crippen MR) is 86.9 cm³/mol. The number of methoxy groups -OCH3 is 1. The summed E-state index contributed by atoms with van der Waals surface area (Å²) in [6.07, 6.45) is 5.79. The zero-order valence-corrected chi connectivity index (χ0v) is 14.5. The summed E-state index contributed by atoms with van der Waals surface area (Å²) in [6, 6.07) is 5.54. The summed E-state index contributed by atoms with van der Waals surface area (Å²) in [5.41, 5.74) is -6.01. The van der Waals surface area contributed by atoms with E-state index >= 15 is 0 Å². The van der Waals surface area contributed by atoms with Gasteiger partial charge in [0.25, 0.3) is 0 Å². The molecule has 9 nitrogen and oxygen atoms in total. The molecule has 2 aliphatic rings. The Hall–Kier alpha value is -4.08. The van der Waals surface area contributed by atoms with Crippen LogP contribution in [0.4, 0.5) is 0 Å². The SMILES string of the molecule is CCOC(=O)C1=C(C(=O)OC)C(C#N)(C#N)C(C#N)(C#N)C2C=CC=CN12. The Labute approximate surface area is 155 Å². The maximum Gasteiger partial charge on any atom is 0.355 e. The molecule has 2 heterocycles. The van der Waals surface area contributed by atoms with Crippen LogP contribution in [0.15, 0.2) is 35.7 Å².